The van der Waals surface area contributed by atoms with E-state index in [1.807, 2.05) is 0 Å². The number of hydrogen-bond donors (Lipinski definition) is 2. The third kappa shape index (κ3) is 5.41. The van der Waals surface area contributed by atoms with Gasteiger partial charge in [0.05, 0.1) is 10.7 Å². The molecule has 0 fully saturated rings. The highest BCUT2D eigenvalue weighted by Gasteiger charge is 2.17. The zero-order valence-electron chi connectivity index (χ0n) is 16.0. The fraction of sp³-hybridized carbons (Fsp3) is 0.158. The van der Waals surface area contributed by atoms with E-state index in [0.29, 0.717) is 11.3 Å². The molecule has 0 aliphatic carbocycles. The molecule has 10 nitrogen and oxygen atoms in total. The lowest BCUT2D eigenvalue weighted by Gasteiger charge is -2.05. The maximum atomic E-state index is 12.2. The molecule has 0 atom stereocenters. The number of nitrogens with one attached hydrogen (secondary N) is 2. The van der Waals surface area contributed by atoms with Gasteiger partial charge in [-0.2, -0.15) is 0 Å². The summed E-state index contributed by atoms with van der Waals surface area (Å²) in [5.41, 5.74) is 1.97. The minimum absolute atomic E-state index is 0.0614. The van der Waals surface area contributed by atoms with Crippen LogP contribution in [0.1, 0.15) is 12.5 Å². The molecule has 30 heavy (non-hydrogen) atoms. The van der Waals surface area contributed by atoms with Gasteiger partial charge in [-0.1, -0.05) is 17.8 Å². The molecule has 0 radical (unpaired) electrons. The smallest absolute Gasteiger partial charge is 0.293 e. The van der Waals surface area contributed by atoms with Crippen molar-refractivity contribution in [3.8, 4) is 11.5 Å². The quantitative estimate of drug-likeness (QED) is 0.331. The normalized spacial score (nSPS) is 10.5. The van der Waals surface area contributed by atoms with Crippen LogP contribution in [0, 0.1) is 17.0 Å². The highest BCUT2D eigenvalue weighted by molar-refractivity contribution is 7.99. The Balaban J connectivity index is 1.60. The second-order valence-corrected chi connectivity index (χ2v) is 7.17. The van der Waals surface area contributed by atoms with Crippen molar-refractivity contribution < 1.29 is 18.9 Å². The molecule has 0 saturated carbocycles. The average Bonchev–Trinajstić information content (AvgIpc) is 3.17. The van der Waals surface area contributed by atoms with Crippen molar-refractivity contribution in [2.75, 3.05) is 16.4 Å². The molecule has 11 heteroatoms. The molecule has 0 spiro atoms. The lowest BCUT2D eigenvalue weighted by atomic mass is 10.2. The van der Waals surface area contributed by atoms with Gasteiger partial charge in [0.1, 0.15) is 5.69 Å². The number of rotatable bonds is 7. The molecule has 3 rings (SSSR count). The summed E-state index contributed by atoms with van der Waals surface area (Å²) in [7, 11) is 0. The lowest BCUT2D eigenvalue weighted by molar-refractivity contribution is -0.384. The zero-order chi connectivity index (χ0) is 21.7. The van der Waals surface area contributed by atoms with E-state index in [-0.39, 0.29) is 34.1 Å². The zero-order valence-corrected chi connectivity index (χ0v) is 16.9. The van der Waals surface area contributed by atoms with Crippen LogP contribution in [-0.4, -0.2) is 32.7 Å². The summed E-state index contributed by atoms with van der Waals surface area (Å²) in [6.07, 6.45) is 0. The van der Waals surface area contributed by atoms with E-state index >= 15 is 0 Å². The standard InChI is InChI=1S/C19H17N5O5S/c1-11-3-8-15(16(9-11)24(27)28)21-17(26)10-30-19-23-22-18(29-19)13-4-6-14(7-5-13)20-12(2)25/h3-9H,10H2,1-2H3,(H,20,25)(H,21,26). The van der Waals surface area contributed by atoms with Crippen LogP contribution >= 0.6 is 11.8 Å². The van der Waals surface area contributed by atoms with Crippen LogP contribution in [0.25, 0.3) is 11.5 Å². The Bertz CT molecular complexity index is 1100. The van der Waals surface area contributed by atoms with Gasteiger partial charge in [-0.05, 0) is 42.8 Å². The largest absolute Gasteiger partial charge is 0.411 e. The van der Waals surface area contributed by atoms with Crippen LogP contribution in [0.2, 0.25) is 0 Å². The molecular weight excluding hydrogens is 410 g/mol. The molecule has 1 heterocycles. The Kier molecular flexibility index (Phi) is 6.42. The van der Waals surface area contributed by atoms with Crippen molar-refractivity contribution in [2.45, 2.75) is 19.1 Å². The Morgan fingerprint density at radius 3 is 2.53 bits per heavy atom. The van der Waals surface area contributed by atoms with Crippen LogP contribution in [0.4, 0.5) is 17.1 Å². The van der Waals surface area contributed by atoms with E-state index in [9.17, 15) is 19.7 Å². The second-order valence-electron chi connectivity index (χ2n) is 6.25. The second kappa shape index (κ2) is 9.18. The molecule has 2 N–H and O–H groups in total. The molecule has 154 valence electrons. The van der Waals surface area contributed by atoms with Gasteiger partial charge in [0.15, 0.2) is 0 Å². The monoisotopic (exact) mass is 427 g/mol. The number of nitrogens with zero attached hydrogens (tertiary/aromatic N) is 3. The molecule has 2 aromatic carbocycles. The molecule has 2 amide bonds. The maximum Gasteiger partial charge on any atom is 0.293 e. The van der Waals surface area contributed by atoms with Crippen molar-refractivity contribution in [1.82, 2.24) is 10.2 Å². The summed E-state index contributed by atoms with van der Waals surface area (Å²) < 4.78 is 5.53. The topological polar surface area (TPSA) is 140 Å². The molecule has 0 unspecified atom stereocenters. The molecule has 3 aromatic rings. The van der Waals surface area contributed by atoms with Gasteiger partial charge in [-0.3, -0.25) is 19.7 Å². The first-order valence-corrected chi connectivity index (χ1v) is 9.69. The number of aryl methyl sites for hydroxylation is 1. The Labute approximate surface area is 175 Å². The van der Waals surface area contributed by atoms with Crippen molar-refractivity contribution in [3.05, 3.63) is 58.1 Å². The molecule has 1 aromatic heterocycles. The Morgan fingerprint density at radius 1 is 1.13 bits per heavy atom. The number of carbonyl (C=O) groups excluding carboxylic acids is 2. The fourth-order valence-corrected chi connectivity index (χ4v) is 3.06. The number of carbonyl (C=O) groups is 2. The summed E-state index contributed by atoms with van der Waals surface area (Å²) in [5, 5.41) is 24.3. The molecule has 0 aliphatic rings. The number of hydrogen-bond acceptors (Lipinski definition) is 8. The third-order valence-corrected chi connectivity index (χ3v) is 4.63. The van der Waals surface area contributed by atoms with Crippen molar-refractivity contribution >= 4 is 40.6 Å². The van der Waals surface area contributed by atoms with Gasteiger partial charge in [0.2, 0.25) is 17.7 Å². The average molecular weight is 427 g/mol. The Morgan fingerprint density at radius 2 is 1.87 bits per heavy atom. The molecular formula is C19H17N5O5S. The van der Waals surface area contributed by atoms with Gasteiger partial charge in [-0.15, -0.1) is 10.2 Å². The predicted octanol–water partition coefficient (Wildman–Crippen LogP) is 3.64. The summed E-state index contributed by atoms with van der Waals surface area (Å²) in [6.45, 7) is 3.15. The predicted molar refractivity (Wildman–Crippen MR) is 111 cm³/mol. The van der Waals surface area contributed by atoms with Crippen LogP contribution in [0.15, 0.2) is 52.1 Å². The van der Waals surface area contributed by atoms with Gasteiger partial charge in [-0.25, -0.2) is 0 Å². The number of benzene rings is 2. The van der Waals surface area contributed by atoms with E-state index in [1.165, 1.54) is 19.1 Å². The van der Waals surface area contributed by atoms with Crippen LogP contribution in [-0.2, 0) is 9.59 Å². The minimum Gasteiger partial charge on any atom is -0.411 e. The molecule has 0 aliphatic heterocycles. The highest BCUT2D eigenvalue weighted by atomic mass is 32.2. The number of aromatic nitrogens is 2. The minimum atomic E-state index is -0.544. The van der Waals surface area contributed by atoms with Gasteiger partial charge in [0, 0.05) is 24.2 Å². The number of nitro benzene ring substituents is 1. The summed E-state index contributed by atoms with van der Waals surface area (Å²) in [4.78, 5) is 33.8. The third-order valence-electron chi connectivity index (χ3n) is 3.81. The fourth-order valence-electron chi connectivity index (χ4n) is 2.50. The number of thioether (sulfide) groups is 1. The first kappa shape index (κ1) is 21.0. The first-order chi connectivity index (χ1) is 14.3. The Hall–Kier alpha value is -3.73. The molecule has 0 bridgehead atoms. The molecule has 0 saturated heterocycles. The van der Waals surface area contributed by atoms with E-state index in [1.54, 1.807) is 37.3 Å². The van der Waals surface area contributed by atoms with Crippen molar-refractivity contribution in [2.24, 2.45) is 0 Å². The van der Waals surface area contributed by atoms with E-state index in [0.717, 1.165) is 17.3 Å². The van der Waals surface area contributed by atoms with Crippen LogP contribution in [0.5, 0.6) is 0 Å². The van der Waals surface area contributed by atoms with E-state index in [4.69, 9.17) is 4.42 Å². The first-order valence-electron chi connectivity index (χ1n) is 8.71. The van der Waals surface area contributed by atoms with Gasteiger partial charge < -0.3 is 15.1 Å². The number of anilines is 2. The summed E-state index contributed by atoms with van der Waals surface area (Å²) in [5.74, 6) is -0.407. The van der Waals surface area contributed by atoms with Gasteiger partial charge >= 0.3 is 0 Å². The van der Waals surface area contributed by atoms with Gasteiger partial charge in [0.25, 0.3) is 10.9 Å². The van der Waals surface area contributed by atoms with E-state index < -0.39 is 10.8 Å². The summed E-state index contributed by atoms with van der Waals surface area (Å²) >= 11 is 1.01. The maximum absolute atomic E-state index is 12.2. The number of amides is 2. The SMILES string of the molecule is CC(=O)Nc1ccc(-c2nnc(SCC(=O)Nc3ccc(C)cc3[N+](=O)[O-])o2)cc1. The van der Waals surface area contributed by atoms with E-state index in [2.05, 4.69) is 20.8 Å². The summed E-state index contributed by atoms with van der Waals surface area (Å²) in [6, 6.07) is 11.4. The highest BCUT2D eigenvalue weighted by Crippen LogP contribution is 2.27. The van der Waals surface area contributed by atoms with Crippen molar-refractivity contribution in [1.29, 1.82) is 0 Å². The van der Waals surface area contributed by atoms with Crippen molar-refractivity contribution in [3.63, 3.8) is 0 Å². The van der Waals surface area contributed by atoms with Crippen LogP contribution < -0.4 is 10.6 Å². The number of nitro groups is 1. The lowest BCUT2D eigenvalue weighted by Crippen LogP contribution is -2.15. The van der Waals surface area contributed by atoms with Crippen LogP contribution in [0.3, 0.4) is 0 Å².